The van der Waals surface area contributed by atoms with Crippen molar-refractivity contribution in [3.8, 4) is 0 Å². The molecule has 2 heterocycles. The monoisotopic (exact) mass is 336 g/mol. The zero-order chi connectivity index (χ0) is 15.8. The van der Waals surface area contributed by atoms with Gasteiger partial charge in [-0.3, -0.25) is 9.13 Å². The first kappa shape index (κ1) is 16.3. The van der Waals surface area contributed by atoms with Crippen LogP contribution >= 0.6 is 15.2 Å². The van der Waals surface area contributed by atoms with Gasteiger partial charge in [0, 0.05) is 25.9 Å². The Morgan fingerprint density at radius 2 is 1.90 bits per heavy atom. The molecule has 2 rings (SSSR count). The third kappa shape index (κ3) is 3.78. The molecule has 11 heteroatoms. The number of methoxy groups -OCH3 is 1. The molecule has 0 radical (unpaired) electrons. The maximum atomic E-state index is 11.2. The molecule has 9 nitrogen and oxygen atoms in total. The van der Waals surface area contributed by atoms with E-state index in [0.717, 1.165) is 0 Å². The van der Waals surface area contributed by atoms with Crippen molar-refractivity contribution in [3.05, 3.63) is 30.1 Å². The van der Waals surface area contributed by atoms with Gasteiger partial charge in [-0.05, 0) is 11.6 Å². The molecule has 0 aliphatic rings. The minimum atomic E-state index is -4.45. The van der Waals surface area contributed by atoms with Crippen LogP contribution in [0.4, 0.5) is 0 Å². The van der Waals surface area contributed by atoms with Gasteiger partial charge in [-0.15, -0.1) is 0 Å². The van der Waals surface area contributed by atoms with E-state index in [1.807, 2.05) is 0 Å². The standard InChI is InChI=1S/C10H14N2O7P2/c1-19-10(21(16,17)18)4-7-2-3-8-11-9(20(13,14)15)6-12(8)5-7/h2-3,5-6,10H,4H2,1H3,(H2,13,14,15)(H2,16,17,18). The van der Waals surface area contributed by atoms with E-state index in [4.69, 9.17) is 24.3 Å². The molecule has 4 N–H and O–H groups in total. The first-order chi connectivity index (χ1) is 9.61. The molecule has 1 unspecified atom stereocenters. The molecule has 0 bridgehead atoms. The zero-order valence-electron chi connectivity index (χ0n) is 10.9. The number of hydrogen-bond donors (Lipinski definition) is 4. The van der Waals surface area contributed by atoms with Gasteiger partial charge < -0.3 is 28.7 Å². The van der Waals surface area contributed by atoms with Gasteiger partial charge in [0.2, 0.25) is 0 Å². The molecular weight excluding hydrogens is 322 g/mol. The number of rotatable bonds is 5. The summed E-state index contributed by atoms with van der Waals surface area (Å²) >= 11 is 0. The lowest BCUT2D eigenvalue weighted by molar-refractivity contribution is 0.136. The molecule has 0 saturated carbocycles. The molecule has 1 atom stereocenters. The van der Waals surface area contributed by atoms with Crippen LogP contribution in [0.25, 0.3) is 5.65 Å². The van der Waals surface area contributed by atoms with Gasteiger partial charge in [0.15, 0.2) is 11.3 Å². The summed E-state index contributed by atoms with van der Waals surface area (Å²) in [6.07, 6.45) is 2.63. The third-order valence-corrected chi connectivity index (χ3v) is 4.81. The molecule has 0 aromatic carbocycles. The summed E-state index contributed by atoms with van der Waals surface area (Å²) in [5.74, 6) is -1.28. The summed E-state index contributed by atoms with van der Waals surface area (Å²) in [5.41, 5.74) is 0.493. The van der Waals surface area contributed by atoms with Crippen molar-refractivity contribution in [2.75, 3.05) is 7.11 Å². The number of aromatic nitrogens is 2. The van der Waals surface area contributed by atoms with Crippen molar-refractivity contribution >= 4 is 26.3 Å². The molecule has 0 spiro atoms. The van der Waals surface area contributed by atoms with Crippen molar-refractivity contribution in [3.63, 3.8) is 0 Å². The highest BCUT2D eigenvalue weighted by Gasteiger charge is 2.29. The molecule has 0 aliphatic heterocycles. The van der Waals surface area contributed by atoms with Gasteiger partial charge >= 0.3 is 15.2 Å². The second-order valence-corrected chi connectivity index (χ2v) is 7.73. The van der Waals surface area contributed by atoms with E-state index in [2.05, 4.69) is 4.98 Å². The lowest BCUT2D eigenvalue weighted by Crippen LogP contribution is -2.14. The molecule has 0 fully saturated rings. The number of imidazole rings is 1. The molecular formula is C10H14N2O7P2. The second-order valence-electron chi connectivity index (χ2n) is 4.43. The van der Waals surface area contributed by atoms with E-state index in [0.29, 0.717) is 11.2 Å². The average molecular weight is 336 g/mol. The highest BCUT2D eigenvalue weighted by atomic mass is 31.2. The number of pyridine rings is 1. The minimum Gasteiger partial charge on any atom is -0.368 e. The Kier molecular flexibility index (Phi) is 4.37. The number of nitrogens with zero attached hydrogens (tertiary/aromatic N) is 2. The highest BCUT2D eigenvalue weighted by Crippen LogP contribution is 2.43. The van der Waals surface area contributed by atoms with Crippen LogP contribution in [-0.4, -0.2) is 41.9 Å². The van der Waals surface area contributed by atoms with E-state index < -0.39 is 21.0 Å². The highest BCUT2D eigenvalue weighted by molar-refractivity contribution is 7.60. The third-order valence-electron chi connectivity index (χ3n) is 2.86. The van der Waals surface area contributed by atoms with E-state index in [1.54, 1.807) is 6.07 Å². The molecule has 2 aromatic heterocycles. The van der Waals surface area contributed by atoms with Crippen LogP contribution in [-0.2, 0) is 20.3 Å². The fraction of sp³-hybridized carbons (Fsp3) is 0.300. The lowest BCUT2D eigenvalue weighted by atomic mass is 10.2. The van der Waals surface area contributed by atoms with Crippen molar-refractivity contribution in [2.45, 2.75) is 12.3 Å². The van der Waals surface area contributed by atoms with Gasteiger partial charge in [0.1, 0.15) is 5.65 Å². The van der Waals surface area contributed by atoms with Crippen molar-refractivity contribution in [1.29, 1.82) is 0 Å². The summed E-state index contributed by atoms with van der Waals surface area (Å²) in [4.78, 5) is 40.2. The van der Waals surface area contributed by atoms with Crippen LogP contribution < -0.4 is 5.44 Å². The van der Waals surface area contributed by atoms with Gasteiger partial charge in [-0.1, -0.05) is 6.07 Å². The van der Waals surface area contributed by atoms with Crippen molar-refractivity contribution in [1.82, 2.24) is 9.38 Å². The quantitative estimate of drug-likeness (QED) is 0.551. The topological polar surface area (TPSA) is 142 Å². The van der Waals surface area contributed by atoms with E-state index in [-0.39, 0.29) is 11.9 Å². The summed E-state index contributed by atoms with van der Waals surface area (Å²) in [6.45, 7) is 0. The zero-order valence-corrected chi connectivity index (χ0v) is 12.7. The van der Waals surface area contributed by atoms with Gasteiger partial charge in [-0.25, -0.2) is 4.98 Å². The maximum Gasteiger partial charge on any atom is 0.376 e. The number of fused-ring (bicyclic) bond motifs is 1. The molecule has 0 aliphatic carbocycles. The molecule has 21 heavy (non-hydrogen) atoms. The summed E-state index contributed by atoms with van der Waals surface area (Å²) in [6, 6.07) is 3.06. The van der Waals surface area contributed by atoms with E-state index in [9.17, 15) is 9.13 Å². The summed E-state index contributed by atoms with van der Waals surface area (Å²) in [7, 11) is -7.64. The van der Waals surface area contributed by atoms with Crippen molar-refractivity contribution < 1.29 is 33.4 Å². The lowest BCUT2D eigenvalue weighted by Gasteiger charge is -2.16. The molecule has 2 aromatic rings. The fourth-order valence-electron chi connectivity index (χ4n) is 1.83. The van der Waals surface area contributed by atoms with E-state index in [1.165, 1.54) is 30.0 Å². The smallest absolute Gasteiger partial charge is 0.368 e. The van der Waals surface area contributed by atoms with Gasteiger partial charge in [-0.2, -0.15) is 0 Å². The van der Waals surface area contributed by atoms with Gasteiger partial charge in [0.25, 0.3) is 0 Å². The van der Waals surface area contributed by atoms with Crippen molar-refractivity contribution in [2.24, 2.45) is 0 Å². The number of ether oxygens (including phenoxy) is 1. The second kappa shape index (κ2) is 5.62. The molecule has 0 amide bonds. The van der Waals surface area contributed by atoms with Crippen LogP contribution in [0, 0.1) is 0 Å². The molecule has 0 saturated heterocycles. The van der Waals surface area contributed by atoms with Crippen LogP contribution in [0.3, 0.4) is 0 Å². The average Bonchev–Trinajstić information content (AvgIpc) is 2.77. The minimum absolute atomic E-state index is 0.0415. The summed E-state index contributed by atoms with van der Waals surface area (Å²) < 4.78 is 28.5. The summed E-state index contributed by atoms with van der Waals surface area (Å²) in [5, 5.41) is 0. The molecule has 116 valence electrons. The predicted octanol–water partition coefficient (Wildman–Crippen LogP) is -0.170. The SMILES string of the molecule is COC(Cc1ccc2nc(P(=O)(O)O)cn2c1)P(=O)(O)O. The van der Waals surface area contributed by atoms with Crippen LogP contribution in [0.2, 0.25) is 0 Å². The Labute approximate surface area is 119 Å². The van der Waals surface area contributed by atoms with Gasteiger partial charge in [0.05, 0.1) is 0 Å². The predicted molar refractivity (Wildman–Crippen MR) is 73.4 cm³/mol. The Bertz CT molecular complexity index is 747. The Morgan fingerprint density at radius 1 is 1.24 bits per heavy atom. The fourth-order valence-corrected chi connectivity index (χ4v) is 3.06. The first-order valence-electron chi connectivity index (χ1n) is 5.73. The Hall–Kier alpha value is -1.05. The largest absolute Gasteiger partial charge is 0.376 e. The Balaban J connectivity index is 2.35. The van der Waals surface area contributed by atoms with E-state index >= 15 is 0 Å². The first-order valence-corrected chi connectivity index (χ1v) is 9.02. The number of hydrogen-bond acceptors (Lipinski definition) is 4. The normalized spacial score (nSPS) is 14.5. The van der Waals surface area contributed by atoms with Crippen LogP contribution in [0.1, 0.15) is 5.56 Å². The Morgan fingerprint density at radius 3 is 2.43 bits per heavy atom. The van der Waals surface area contributed by atoms with Crippen LogP contribution in [0.5, 0.6) is 0 Å². The van der Waals surface area contributed by atoms with Crippen LogP contribution in [0.15, 0.2) is 24.5 Å². The maximum absolute atomic E-state index is 11.2.